The molecule has 108 valence electrons. The maximum absolute atomic E-state index is 11.5. The minimum Gasteiger partial charge on any atom is -0.356 e. The van der Waals surface area contributed by atoms with Gasteiger partial charge in [-0.25, -0.2) is 0 Å². The van der Waals surface area contributed by atoms with E-state index in [9.17, 15) is 4.79 Å². The second-order valence-electron chi connectivity index (χ2n) is 4.97. The van der Waals surface area contributed by atoms with E-state index in [2.05, 4.69) is 30.7 Å². The molecule has 0 rings (SSSR count). The van der Waals surface area contributed by atoms with Crippen LogP contribution in [0.4, 0.5) is 0 Å². The third-order valence-electron chi connectivity index (χ3n) is 2.73. The van der Waals surface area contributed by atoms with Crippen LogP contribution in [0.15, 0.2) is 0 Å². The molecule has 0 aliphatic rings. The monoisotopic (exact) mass is 274 g/mol. The first kappa shape index (κ1) is 17.8. The average Bonchev–Trinajstić information content (AvgIpc) is 2.33. The number of rotatable bonds is 12. The minimum absolute atomic E-state index is 0.199. The molecule has 0 aromatic heterocycles. The fourth-order valence-corrected chi connectivity index (χ4v) is 2.17. The van der Waals surface area contributed by atoms with Crippen LogP contribution in [0, 0.1) is 0 Å². The highest BCUT2D eigenvalue weighted by atomic mass is 32.2. The van der Waals surface area contributed by atoms with E-state index in [-0.39, 0.29) is 5.91 Å². The average molecular weight is 274 g/mol. The molecule has 0 aliphatic carbocycles. The molecule has 0 radical (unpaired) electrons. The van der Waals surface area contributed by atoms with E-state index in [1.165, 1.54) is 25.0 Å². The van der Waals surface area contributed by atoms with Gasteiger partial charge in [-0.15, -0.1) is 0 Å². The molecule has 0 fully saturated rings. The lowest BCUT2D eigenvalue weighted by Crippen LogP contribution is -2.27. The van der Waals surface area contributed by atoms with E-state index >= 15 is 0 Å². The number of unbranched alkanes of at least 4 members (excludes halogenated alkanes) is 3. The van der Waals surface area contributed by atoms with Crippen LogP contribution in [-0.2, 0) is 4.79 Å². The standard InChI is InChI=1S/C14H30N2OS/c1-13(2)15-11-8-9-14(17)16-10-6-4-5-7-12-18-3/h13,15H,4-12H2,1-3H3,(H,16,17). The smallest absolute Gasteiger partial charge is 0.220 e. The maximum Gasteiger partial charge on any atom is 0.220 e. The van der Waals surface area contributed by atoms with Crippen molar-refractivity contribution in [3.05, 3.63) is 0 Å². The molecule has 0 aliphatic heterocycles. The lowest BCUT2D eigenvalue weighted by Gasteiger charge is -2.08. The van der Waals surface area contributed by atoms with Crippen LogP contribution >= 0.6 is 11.8 Å². The number of thioether (sulfide) groups is 1. The van der Waals surface area contributed by atoms with Crippen molar-refractivity contribution in [2.24, 2.45) is 0 Å². The number of amides is 1. The maximum atomic E-state index is 11.5. The highest BCUT2D eigenvalue weighted by Crippen LogP contribution is 2.03. The van der Waals surface area contributed by atoms with E-state index in [0.29, 0.717) is 12.5 Å². The Hall–Kier alpha value is -0.220. The van der Waals surface area contributed by atoms with Crippen molar-refractivity contribution in [1.82, 2.24) is 10.6 Å². The lowest BCUT2D eigenvalue weighted by atomic mass is 10.2. The van der Waals surface area contributed by atoms with Gasteiger partial charge in [0.1, 0.15) is 0 Å². The van der Waals surface area contributed by atoms with Gasteiger partial charge in [-0.2, -0.15) is 11.8 Å². The van der Waals surface area contributed by atoms with E-state index in [0.717, 1.165) is 25.9 Å². The molecule has 0 bridgehead atoms. The van der Waals surface area contributed by atoms with E-state index in [1.807, 2.05) is 11.8 Å². The molecule has 2 N–H and O–H groups in total. The van der Waals surface area contributed by atoms with Crippen molar-refractivity contribution in [2.45, 2.75) is 58.4 Å². The molecule has 0 heterocycles. The first-order chi connectivity index (χ1) is 8.66. The molecule has 18 heavy (non-hydrogen) atoms. The Balaban J connectivity index is 3.17. The minimum atomic E-state index is 0.199. The highest BCUT2D eigenvalue weighted by molar-refractivity contribution is 7.98. The molecule has 0 aromatic carbocycles. The molecule has 3 nitrogen and oxygen atoms in total. The van der Waals surface area contributed by atoms with Crippen molar-refractivity contribution in [2.75, 3.05) is 25.1 Å². The summed E-state index contributed by atoms with van der Waals surface area (Å²) in [6.07, 6.45) is 8.66. The normalized spacial score (nSPS) is 10.9. The number of hydrogen-bond acceptors (Lipinski definition) is 3. The second-order valence-corrected chi connectivity index (χ2v) is 5.95. The number of nitrogens with one attached hydrogen (secondary N) is 2. The zero-order valence-corrected chi connectivity index (χ0v) is 13.1. The van der Waals surface area contributed by atoms with Crippen molar-refractivity contribution >= 4 is 17.7 Å². The Morgan fingerprint density at radius 2 is 1.78 bits per heavy atom. The zero-order valence-electron chi connectivity index (χ0n) is 12.3. The number of carbonyl (C=O) groups is 1. The summed E-state index contributed by atoms with van der Waals surface area (Å²) in [5, 5.41) is 6.30. The Labute approximate surface area is 117 Å². The number of hydrogen-bond donors (Lipinski definition) is 2. The molecule has 0 unspecified atom stereocenters. The second kappa shape index (κ2) is 13.2. The fraction of sp³-hybridized carbons (Fsp3) is 0.929. The molecular formula is C14H30N2OS. The quantitative estimate of drug-likeness (QED) is 0.538. The summed E-state index contributed by atoms with van der Waals surface area (Å²) < 4.78 is 0. The van der Waals surface area contributed by atoms with Gasteiger partial charge in [0.2, 0.25) is 5.91 Å². The lowest BCUT2D eigenvalue weighted by molar-refractivity contribution is -0.121. The Morgan fingerprint density at radius 3 is 2.44 bits per heavy atom. The van der Waals surface area contributed by atoms with Crippen LogP contribution in [-0.4, -0.2) is 37.0 Å². The molecular weight excluding hydrogens is 244 g/mol. The van der Waals surface area contributed by atoms with Crippen LogP contribution < -0.4 is 10.6 Å². The first-order valence-electron chi connectivity index (χ1n) is 7.16. The summed E-state index contributed by atoms with van der Waals surface area (Å²) in [5.74, 6) is 1.46. The van der Waals surface area contributed by atoms with Gasteiger partial charge in [0.15, 0.2) is 0 Å². The summed E-state index contributed by atoms with van der Waals surface area (Å²) in [7, 11) is 0. The van der Waals surface area contributed by atoms with Gasteiger partial charge in [-0.3, -0.25) is 4.79 Å². The molecule has 0 aromatic rings. The molecule has 0 saturated carbocycles. The van der Waals surface area contributed by atoms with Crippen LogP contribution in [0.1, 0.15) is 52.4 Å². The van der Waals surface area contributed by atoms with Crippen LogP contribution in [0.2, 0.25) is 0 Å². The third-order valence-corrected chi connectivity index (χ3v) is 3.43. The van der Waals surface area contributed by atoms with Crippen molar-refractivity contribution in [1.29, 1.82) is 0 Å². The van der Waals surface area contributed by atoms with Crippen molar-refractivity contribution in [3.63, 3.8) is 0 Å². The predicted molar refractivity (Wildman–Crippen MR) is 82.2 cm³/mol. The molecule has 0 saturated heterocycles. The molecule has 0 spiro atoms. The Morgan fingerprint density at radius 1 is 1.06 bits per heavy atom. The molecule has 1 amide bonds. The fourth-order valence-electron chi connectivity index (χ4n) is 1.68. The van der Waals surface area contributed by atoms with Crippen LogP contribution in [0.5, 0.6) is 0 Å². The molecule has 0 atom stereocenters. The SMILES string of the molecule is CSCCCCCCNC(=O)CCCNC(C)C. The van der Waals surface area contributed by atoms with Gasteiger partial charge in [0.05, 0.1) is 0 Å². The van der Waals surface area contributed by atoms with Crippen LogP contribution in [0.25, 0.3) is 0 Å². The highest BCUT2D eigenvalue weighted by Gasteiger charge is 2.00. The molecule has 4 heteroatoms. The van der Waals surface area contributed by atoms with Gasteiger partial charge in [-0.1, -0.05) is 26.7 Å². The largest absolute Gasteiger partial charge is 0.356 e. The summed E-state index contributed by atoms with van der Waals surface area (Å²) in [6.45, 7) is 6.02. The van der Waals surface area contributed by atoms with Gasteiger partial charge in [0, 0.05) is 19.0 Å². The van der Waals surface area contributed by atoms with E-state index in [4.69, 9.17) is 0 Å². The summed E-state index contributed by atoms with van der Waals surface area (Å²) in [5.41, 5.74) is 0. The van der Waals surface area contributed by atoms with Gasteiger partial charge >= 0.3 is 0 Å². The van der Waals surface area contributed by atoms with E-state index < -0.39 is 0 Å². The van der Waals surface area contributed by atoms with Crippen molar-refractivity contribution in [3.8, 4) is 0 Å². The van der Waals surface area contributed by atoms with Crippen molar-refractivity contribution < 1.29 is 4.79 Å². The topological polar surface area (TPSA) is 41.1 Å². The Bertz CT molecular complexity index is 198. The van der Waals surface area contributed by atoms with Gasteiger partial charge in [-0.05, 0) is 37.8 Å². The van der Waals surface area contributed by atoms with E-state index in [1.54, 1.807) is 0 Å². The Kier molecular flexibility index (Phi) is 13.1. The zero-order chi connectivity index (χ0) is 13.6. The third kappa shape index (κ3) is 13.8. The number of carbonyl (C=O) groups excluding carboxylic acids is 1. The predicted octanol–water partition coefficient (Wildman–Crippen LogP) is 2.80. The summed E-state index contributed by atoms with van der Waals surface area (Å²) in [4.78, 5) is 11.5. The van der Waals surface area contributed by atoms with Gasteiger partial charge < -0.3 is 10.6 Å². The van der Waals surface area contributed by atoms with Gasteiger partial charge in [0.25, 0.3) is 0 Å². The summed E-state index contributed by atoms with van der Waals surface area (Å²) in [6, 6.07) is 0.509. The first-order valence-corrected chi connectivity index (χ1v) is 8.55. The summed E-state index contributed by atoms with van der Waals surface area (Å²) >= 11 is 1.91. The van der Waals surface area contributed by atoms with Crippen LogP contribution in [0.3, 0.4) is 0 Å².